The van der Waals surface area contributed by atoms with Crippen molar-refractivity contribution >= 4 is 20.2 Å². The third-order valence-corrected chi connectivity index (χ3v) is 3.42. The van der Waals surface area contributed by atoms with Gasteiger partial charge in [-0.2, -0.15) is 0 Å². The fraction of sp³-hybridized carbons (Fsp3) is 0.250. The first-order chi connectivity index (χ1) is 5.77. The number of hydrogen-bond acceptors (Lipinski definition) is 3. The molecule has 2 N–H and O–H groups in total. The molecule has 0 spiro atoms. The average molecular weight is 183 g/mol. The van der Waals surface area contributed by atoms with Gasteiger partial charge in [0.25, 0.3) is 0 Å². The van der Waals surface area contributed by atoms with Gasteiger partial charge in [-0.1, -0.05) is 12.1 Å². The molecule has 0 fully saturated rings. The zero-order chi connectivity index (χ0) is 8.97. The van der Waals surface area contributed by atoms with Crippen molar-refractivity contribution in [1.82, 2.24) is 0 Å². The molecule has 0 atom stereocenters. The Balaban J connectivity index is 2.80. The van der Waals surface area contributed by atoms with Gasteiger partial charge in [0, 0.05) is 19.9 Å². The van der Waals surface area contributed by atoms with E-state index in [2.05, 4.69) is 0 Å². The van der Waals surface area contributed by atoms with Crippen molar-refractivity contribution in [1.29, 1.82) is 0 Å². The molecule has 0 radical (unpaired) electrons. The summed E-state index contributed by atoms with van der Waals surface area (Å²) in [6.45, 7) is 0. The Bertz CT molecular complexity index is 233. The highest BCUT2D eigenvalue weighted by atomic mass is 28.3. The molecule has 0 amide bonds. The lowest BCUT2D eigenvalue weighted by Crippen LogP contribution is -2.34. The molecule has 0 aliphatic heterocycles. The Kier molecular flexibility index (Phi) is 3.27. The maximum absolute atomic E-state index is 5.54. The van der Waals surface area contributed by atoms with Crippen LogP contribution in [0.25, 0.3) is 0 Å². The summed E-state index contributed by atoms with van der Waals surface area (Å²) in [7, 11) is 1.70. The monoisotopic (exact) mass is 183 g/mol. The normalized spacial score (nSPS) is 10.6. The molecular formula is C8H13NO2Si. The van der Waals surface area contributed by atoms with Crippen molar-refractivity contribution in [2.75, 3.05) is 20.0 Å². The first kappa shape index (κ1) is 9.25. The number of benzene rings is 1. The maximum Gasteiger partial charge on any atom is 0.355 e. The number of rotatable bonds is 3. The summed E-state index contributed by atoms with van der Waals surface area (Å²) in [5.41, 5.74) is 6.31. The molecular weight excluding hydrogens is 170 g/mol. The van der Waals surface area contributed by atoms with Gasteiger partial charge < -0.3 is 14.6 Å². The molecule has 0 saturated carbocycles. The van der Waals surface area contributed by atoms with Crippen LogP contribution in [0.1, 0.15) is 0 Å². The molecule has 1 aromatic rings. The van der Waals surface area contributed by atoms with Crippen molar-refractivity contribution in [2.24, 2.45) is 0 Å². The van der Waals surface area contributed by atoms with Crippen molar-refractivity contribution in [3.05, 3.63) is 24.3 Å². The van der Waals surface area contributed by atoms with Crippen LogP contribution >= 0.6 is 0 Å². The molecule has 3 nitrogen and oxygen atoms in total. The van der Waals surface area contributed by atoms with E-state index in [4.69, 9.17) is 14.6 Å². The minimum absolute atomic E-state index is 0.763. The Labute approximate surface area is 74.0 Å². The predicted molar refractivity (Wildman–Crippen MR) is 51.7 cm³/mol. The van der Waals surface area contributed by atoms with Crippen LogP contribution in [0.2, 0.25) is 0 Å². The molecule has 12 heavy (non-hydrogen) atoms. The van der Waals surface area contributed by atoms with Crippen LogP contribution < -0.4 is 10.9 Å². The summed E-state index contributed by atoms with van der Waals surface area (Å²) in [6, 6.07) is 7.60. The highest BCUT2D eigenvalue weighted by Crippen LogP contribution is 1.98. The molecule has 0 aromatic heterocycles. The van der Waals surface area contributed by atoms with Gasteiger partial charge in [-0.05, 0) is 17.3 Å². The van der Waals surface area contributed by atoms with Gasteiger partial charge in [0.2, 0.25) is 0 Å². The Hall–Kier alpha value is -0.843. The first-order valence-corrected chi connectivity index (χ1v) is 5.21. The van der Waals surface area contributed by atoms with E-state index in [9.17, 15) is 0 Å². The van der Waals surface area contributed by atoms with E-state index in [1.165, 1.54) is 0 Å². The zero-order valence-electron chi connectivity index (χ0n) is 7.28. The second-order valence-electron chi connectivity index (χ2n) is 2.47. The van der Waals surface area contributed by atoms with Crippen molar-refractivity contribution < 1.29 is 8.85 Å². The molecule has 1 rings (SSSR count). The topological polar surface area (TPSA) is 44.5 Å². The molecule has 0 aliphatic rings. The number of nitrogens with two attached hydrogens (primary N) is 1. The van der Waals surface area contributed by atoms with E-state index >= 15 is 0 Å². The van der Waals surface area contributed by atoms with Gasteiger partial charge >= 0.3 is 9.28 Å². The lowest BCUT2D eigenvalue weighted by Gasteiger charge is -2.10. The van der Waals surface area contributed by atoms with Crippen LogP contribution in [-0.2, 0) is 8.85 Å². The van der Waals surface area contributed by atoms with E-state index < -0.39 is 9.28 Å². The quantitative estimate of drug-likeness (QED) is 0.529. The molecule has 0 saturated heterocycles. The largest absolute Gasteiger partial charge is 0.399 e. The van der Waals surface area contributed by atoms with E-state index in [-0.39, 0.29) is 0 Å². The first-order valence-electron chi connectivity index (χ1n) is 3.69. The van der Waals surface area contributed by atoms with Crippen molar-refractivity contribution in [3.63, 3.8) is 0 Å². The fourth-order valence-corrected chi connectivity index (χ4v) is 2.27. The third-order valence-electron chi connectivity index (χ3n) is 1.64. The van der Waals surface area contributed by atoms with Crippen molar-refractivity contribution in [2.45, 2.75) is 0 Å². The van der Waals surface area contributed by atoms with Crippen LogP contribution in [0, 0.1) is 0 Å². The van der Waals surface area contributed by atoms with Gasteiger partial charge in [-0.15, -0.1) is 0 Å². The Morgan fingerprint density at radius 1 is 1.08 bits per heavy atom. The van der Waals surface area contributed by atoms with E-state index in [0.29, 0.717) is 0 Å². The maximum atomic E-state index is 5.54. The third kappa shape index (κ3) is 2.07. The fourth-order valence-electron chi connectivity index (χ4n) is 1.02. The minimum Gasteiger partial charge on any atom is -0.399 e. The molecule has 0 bridgehead atoms. The van der Waals surface area contributed by atoms with Crippen LogP contribution in [-0.4, -0.2) is 23.5 Å². The summed E-state index contributed by atoms with van der Waals surface area (Å²) in [4.78, 5) is 0. The van der Waals surface area contributed by atoms with Gasteiger partial charge in [0.05, 0.1) is 0 Å². The lowest BCUT2D eigenvalue weighted by molar-refractivity contribution is 0.292. The minimum atomic E-state index is -1.63. The smallest absolute Gasteiger partial charge is 0.355 e. The van der Waals surface area contributed by atoms with E-state index in [1.54, 1.807) is 14.2 Å². The Morgan fingerprint density at radius 3 is 2.00 bits per heavy atom. The van der Waals surface area contributed by atoms with Gasteiger partial charge in [-0.25, -0.2) is 0 Å². The molecule has 4 heteroatoms. The van der Waals surface area contributed by atoms with Crippen molar-refractivity contribution in [3.8, 4) is 0 Å². The SMILES string of the molecule is CO[SiH](OC)c1ccc(N)cc1. The number of hydrogen-bond donors (Lipinski definition) is 1. The summed E-state index contributed by atoms with van der Waals surface area (Å²) >= 11 is 0. The van der Waals surface area contributed by atoms with E-state index in [1.807, 2.05) is 24.3 Å². The standard InChI is InChI=1S/C8H13NO2Si/c1-10-12(11-2)8-5-3-7(9)4-6-8/h3-6,12H,9H2,1-2H3. The van der Waals surface area contributed by atoms with Crippen LogP contribution in [0.4, 0.5) is 5.69 Å². The average Bonchev–Trinajstić information content (AvgIpc) is 2.10. The Morgan fingerprint density at radius 2 is 1.58 bits per heavy atom. The van der Waals surface area contributed by atoms with E-state index in [0.717, 1.165) is 10.9 Å². The summed E-state index contributed by atoms with van der Waals surface area (Å²) in [6.07, 6.45) is 0. The molecule has 66 valence electrons. The van der Waals surface area contributed by atoms with Crippen LogP contribution in [0.15, 0.2) is 24.3 Å². The second-order valence-corrected chi connectivity index (χ2v) is 4.74. The molecule has 0 unspecified atom stereocenters. The summed E-state index contributed by atoms with van der Waals surface area (Å²) in [5, 5.41) is 1.11. The predicted octanol–water partition coefficient (Wildman–Crippen LogP) is -0.0109. The molecule has 0 aliphatic carbocycles. The number of anilines is 1. The summed E-state index contributed by atoms with van der Waals surface area (Å²) < 4.78 is 10.4. The molecule has 1 aromatic carbocycles. The second kappa shape index (κ2) is 4.25. The lowest BCUT2D eigenvalue weighted by atomic mass is 10.3. The highest BCUT2D eigenvalue weighted by Gasteiger charge is 2.11. The van der Waals surface area contributed by atoms with Crippen LogP contribution in [0.3, 0.4) is 0 Å². The molecule has 0 heterocycles. The highest BCUT2D eigenvalue weighted by molar-refractivity contribution is 6.61. The van der Waals surface area contributed by atoms with Gasteiger partial charge in [-0.3, -0.25) is 0 Å². The van der Waals surface area contributed by atoms with Gasteiger partial charge in [0.1, 0.15) is 0 Å². The van der Waals surface area contributed by atoms with Crippen LogP contribution in [0.5, 0.6) is 0 Å². The van der Waals surface area contributed by atoms with Gasteiger partial charge in [0.15, 0.2) is 0 Å². The number of nitrogen functional groups attached to an aromatic ring is 1. The summed E-state index contributed by atoms with van der Waals surface area (Å²) in [5.74, 6) is 0. The zero-order valence-corrected chi connectivity index (χ0v) is 8.44.